The molecule has 5 heteroatoms. The molecule has 0 spiro atoms. The van der Waals surface area contributed by atoms with E-state index in [1.54, 1.807) is 12.4 Å². The van der Waals surface area contributed by atoms with E-state index in [1.165, 1.54) is 12.8 Å². The zero-order valence-electron chi connectivity index (χ0n) is 13.9. The molecule has 2 heterocycles. The molecule has 1 fully saturated rings. The molecule has 0 saturated heterocycles. The molecule has 0 N–H and O–H groups in total. The zero-order valence-corrected chi connectivity index (χ0v) is 13.9. The third kappa shape index (κ3) is 3.60. The molecule has 0 atom stereocenters. The SMILES string of the molecule is CC(C)Cn1cc(C(=O)N(c2ccccn2)C2CCCC2)cn1. The van der Waals surface area contributed by atoms with Gasteiger partial charge in [0.25, 0.3) is 5.91 Å². The van der Waals surface area contributed by atoms with Crippen molar-refractivity contribution in [3.05, 3.63) is 42.4 Å². The van der Waals surface area contributed by atoms with Gasteiger partial charge in [-0.25, -0.2) is 4.98 Å². The van der Waals surface area contributed by atoms with Gasteiger partial charge in [-0.2, -0.15) is 5.10 Å². The molecule has 1 amide bonds. The van der Waals surface area contributed by atoms with E-state index in [0.29, 0.717) is 11.5 Å². The van der Waals surface area contributed by atoms with Crippen LogP contribution in [0.15, 0.2) is 36.8 Å². The van der Waals surface area contributed by atoms with E-state index in [1.807, 2.05) is 34.0 Å². The lowest BCUT2D eigenvalue weighted by molar-refractivity contribution is 0.0976. The Morgan fingerprint density at radius 1 is 1.35 bits per heavy atom. The van der Waals surface area contributed by atoms with Crippen molar-refractivity contribution in [2.75, 3.05) is 4.90 Å². The second-order valence-corrected chi connectivity index (χ2v) is 6.65. The second-order valence-electron chi connectivity index (χ2n) is 6.65. The van der Waals surface area contributed by atoms with Crippen molar-refractivity contribution < 1.29 is 4.79 Å². The van der Waals surface area contributed by atoms with Crippen molar-refractivity contribution in [2.45, 2.75) is 52.1 Å². The molecule has 23 heavy (non-hydrogen) atoms. The number of hydrogen-bond donors (Lipinski definition) is 0. The number of carbonyl (C=O) groups is 1. The van der Waals surface area contributed by atoms with Crippen LogP contribution in [0.2, 0.25) is 0 Å². The summed E-state index contributed by atoms with van der Waals surface area (Å²) in [6.07, 6.45) is 9.71. The van der Waals surface area contributed by atoms with Gasteiger partial charge in [-0.1, -0.05) is 32.8 Å². The standard InChI is InChI=1S/C18H24N4O/c1-14(2)12-21-13-15(11-20-21)18(23)22(16-7-3-4-8-16)17-9-5-6-10-19-17/h5-6,9-11,13-14,16H,3-4,7-8,12H2,1-2H3. The maximum absolute atomic E-state index is 13.1. The van der Waals surface area contributed by atoms with Crippen LogP contribution in [0.4, 0.5) is 5.82 Å². The fraction of sp³-hybridized carbons (Fsp3) is 0.500. The Balaban J connectivity index is 1.87. The summed E-state index contributed by atoms with van der Waals surface area (Å²) in [5.41, 5.74) is 0.642. The third-order valence-corrected chi connectivity index (χ3v) is 4.24. The van der Waals surface area contributed by atoms with Crippen LogP contribution in [0.3, 0.4) is 0 Å². The highest BCUT2D eigenvalue weighted by molar-refractivity contribution is 6.05. The number of pyridine rings is 1. The van der Waals surface area contributed by atoms with Crippen molar-refractivity contribution in [1.82, 2.24) is 14.8 Å². The Morgan fingerprint density at radius 3 is 2.78 bits per heavy atom. The molecule has 1 saturated carbocycles. The Morgan fingerprint density at radius 2 is 2.13 bits per heavy atom. The van der Waals surface area contributed by atoms with Crippen LogP contribution in [-0.2, 0) is 6.54 Å². The molecule has 2 aromatic heterocycles. The van der Waals surface area contributed by atoms with E-state index in [4.69, 9.17) is 0 Å². The Labute approximate surface area is 137 Å². The minimum absolute atomic E-state index is 0.00519. The molecule has 0 bridgehead atoms. The van der Waals surface area contributed by atoms with Gasteiger partial charge in [0, 0.05) is 25.0 Å². The van der Waals surface area contributed by atoms with Gasteiger partial charge in [0.05, 0.1) is 11.8 Å². The third-order valence-electron chi connectivity index (χ3n) is 4.24. The van der Waals surface area contributed by atoms with Gasteiger partial charge in [0.15, 0.2) is 0 Å². The van der Waals surface area contributed by atoms with E-state index >= 15 is 0 Å². The average molecular weight is 312 g/mol. The molecule has 3 rings (SSSR count). The van der Waals surface area contributed by atoms with Crippen molar-refractivity contribution in [3.8, 4) is 0 Å². The molecule has 122 valence electrons. The average Bonchev–Trinajstić information content (AvgIpc) is 3.20. The molecule has 1 aliphatic carbocycles. The van der Waals surface area contributed by atoms with Crippen molar-refractivity contribution in [1.29, 1.82) is 0 Å². The largest absolute Gasteiger partial charge is 0.289 e. The summed E-state index contributed by atoms with van der Waals surface area (Å²) in [7, 11) is 0. The molecule has 1 aliphatic rings. The van der Waals surface area contributed by atoms with Crippen LogP contribution in [-0.4, -0.2) is 26.7 Å². The first-order valence-corrected chi connectivity index (χ1v) is 8.42. The normalized spacial score (nSPS) is 15.3. The molecule has 0 radical (unpaired) electrons. The number of aromatic nitrogens is 3. The van der Waals surface area contributed by atoms with E-state index in [9.17, 15) is 4.79 Å². The van der Waals surface area contributed by atoms with Crippen molar-refractivity contribution in [2.24, 2.45) is 5.92 Å². The minimum Gasteiger partial charge on any atom is -0.289 e. The topological polar surface area (TPSA) is 51.0 Å². The predicted octanol–water partition coefficient (Wildman–Crippen LogP) is 3.52. The highest BCUT2D eigenvalue weighted by atomic mass is 16.2. The van der Waals surface area contributed by atoms with E-state index in [0.717, 1.165) is 25.2 Å². The Hall–Kier alpha value is -2.17. The highest BCUT2D eigenvalue weighted by Gasteiger charge is 2.30. The van der Waals surface area contributed by atoms with Crippen LogP contribution in [0, 0.1) is 5.92 Å². The number of anilines is 1. The fourth-order valence-electron chi connectivity index (χ4n) is 3.20. The van der Waals surface area contributed by atoms with Gasteiger partial charge in [-0.3, -0.25) is 14.4 Å². The summed E-state index contributed by atoms with van der Waals surface area (Å²) in [6.45, 7) is 5.10. The number of nitrogens with zero attached hydrogens (tertiary/aromatic N) is 4. The quantitative estimate of drug-likeness (QED) is 0.848. The van der Waals surface area contributed by atoms with Crippen LogP contribution in [0.25, 0.3) is 0 Å². The summed E-state index contributed by atoms with van der Waals surface area (Å²) < 4.78 is 1.85. The number of amides is 1. The van der Waals surface area contributed by atoms with E-state index < -0.39 is 0 Å². The van der Waals surface area contributed by atoms with E-state index in [-0.39, 0.29) is 11.9 Å². The monoisotopic (exact) mass is 312 g/mol. The summed E-state index contributed by atoms with van der Waals surface area (Å²) in [6, 6.07) is 5.96. The molecular weight excluding hydrogens is 288 g/mol. The van der Waals surface area contributed by atoms with Gasteiger partial charge in [-0.15, -0.1) is 0 Å². The molecule has 0 aliphatic heterocycles. The van der Waals surface area contributed by atoms with Crippen molar-refractivity contribution in [3.63, 3.8) is 0 Å². The molecular formula is C18H24N4O. The minimum atomic E-state index is 0.00519. The second kappa shape index (κ2) is 6.94. The number of carbonyl (C=O) groups excluding carboxylic acids is 1. The lowest BCUT2D eigenvalue weighted by atomic mass is 10.1. The first-order chi connectivity index (χ1) is 11.1. The lowest BCUT2D eigenvalue weighted by Gasteiger charge is -2.27. The predicted molar refractivity (Wildman–Crippen MR) is 90.4 cm³/mol. The highest BCUT2D eigenvalue weighted by Crippen LogP contribution is 2.28. The lowest BCUT2D eigenvalue weighted by Crippen LogP contribution is -2.39. The zero-order chi connectivity index (χ0) is 16.2. The van der Waals surface area contributed by atoms with Gasteiger partial charge < -0.3 is 0 Å². The molecule has 5 nitrogen and oxygen atoms in total. The van der Waals surface area contributed by atoms with Gasteiger partial charge in [-0.05, 0) is 30.9 Å². The Kier molecular flexibility index (Phi) is 4.74. The maximum atomic E-state index is 13.1. The summed E-state index contributed by atoms with van der Waals surface area (Å²) in [5, 5.41) is 4.33. The van der Waals surface area contributed by atoms with Crippen LogP contribution < -0.4 is 4.90 Å². The fourth-order valence-corrected chi connectivity index (χ4v) is 3.20. The molecule has 0 aromatic carbocycles. The van der Waals surface area contributed by atoms with Crippen LogP contribution in [0.1, 0.15) is 49.9 Å². The van der Waals surface area contributed by atoms with Gasteiger partial charge in [0.2, 0.25) is 0 Å². The Bertz CT molecular complexity index is 644. The van der Waals surface area contributed by atoms with Crippen molar-refractivity contribution >= 4 is 11.7 Å². The summed E-state index contributed by atoms with van der Waals surface area (Å²) in [4.78, 5) is 19.3. The van der Waals surface area contributed by atoms with Crippen LogP contribution in [0.5, 0.6) is 0 Å². The van der Waals surface area contributed by atoms with E-state index in [2.05, 4.69) is 23.9 Å². The summed E-state index contributed by atoms with van der Waals surface area (Å²) in [5.74, 6) is 1.24. The molecule has 0 unspecified atom stereocenters. The maximum Gasteiger partial charge on any atom is 0.262 e. The summed E-state index contributed by atoms with van der Waals surface area (Å²) >= 11 is 0. The smallest absolute Gasteiger partial charge is 0.262 e. The van der Waals surface area contributed by atoms with Crippen LogP contribution >= 0.6 is 0 Å². The molecule has 2 aromatic rings. The number of rotatable bonds is 5. The van der Waals surface area contributed by atoms with Gasteiger partial charge in [0.1, 0.15) is 5.82 Å². The number of hydrogen-bond acceptors (Lipinski definition) is 3. The first-order valence-electron chi connectivity index (χ1n) is 8.42. The van der Waals surface area contributed by atoms with Gasteiger partial charge >= 0.3 is 0 Å². The first kappa shape index (κ1) is 15.7.